The van der Waals surface area contributed by atoms with Gasteiger partial charge in [-0.3, -0.25) is 0 Å². The van der Waals surface area contributed by atoms with Gasteiger partial charge in [0.25, 0.3) is 0 Å². The molecular formula is C9H18B2. The van der Waals surface area contributed by atoms with E-state index in [9.17, 15) is 0 Å². The Hall–Kier alpha value is 0.130. The first-order valence-corrected chi connectivity index (χ1v) is 5.00. The number of hydrogen-bond acceptors (Lipinski definition) is 0. The zero-order valence-corrected chi connectivity index (χ0v) is 8.22. The van der Waals surface area contributed by atoms with Crippen molar-refractivity contribution in [3.05, 3.63) is 0 Å². The van der Waals surface area contributed by atoms with Gasteiger partial charge < -0.3 is 0 Å². The molecule has 4 unspecified atom stereocenters. The molecule has 2 heteroatoms. The van der Waals surface area contributed by atoms with Crippen molar-refractivity contribution in [1.29, 1.82) is 0 Å². The van der Waals surface area contributed by atoms with E-state index in [1.807, 2.05) is 0 Å². The topological polar surface area (TPSA) is 0 Å². The first kappa shape index (κ1) is 7.76. The Morgan fingerprint density at radius 1 is 1.27 bits per heavy atom. The summed E-state index contributed by atoms with van der Waals surface area (Å²) in [6, 6.07) is 0. The molecule has 0 heterocycles. The fourth-order valence-electron chi connectivity index (χ4n) is 3.27. The molecule has 3 rings (SSSR count). The Bertz CT molecular complexity index is 171. The lowest BCUT2D eigenvalue weighted by atomic mass is 9.47. The third-order valence-corrected chi connectivity index (χ3v) is 4.18. The van der Waals surface area contributed by atoms with Crippen LogP contribution in [0, 0.1) is 23.7 Å². The minimum absolute atomic E-state index is 0.574. The summed E-state index contributed by atoms with van der Waals surface area (Å²) < 4.78 is 0. The van der Waals surface area contributed by atoms with E-state index in [0.29, 0.717) is 5.21 Å². The fraction of sp³-hybridized carbons (Fsp3) is 1.00. The van der Waals surface area contributed by atoms with Gasteiger partial charge in [-0.2, -0.15) is 0 Å². The number of rotatable bonds is 1. The molecule has 0 aromatic heterocycles. The van der Waals surface area contributed by atoms with Crippen molar-refractivity contribution >= 4 is 15.7 Å². The van der Waals surface area contributed by atoms with Crippen molar-refractivity contribution < 1.29 is 0 Å². The van der Waals surface area contributed by atoms with Crippen molar-refractivity contribution in [2.45, 2.75) is 31.9 Å². The SMILES string of the molecule is BC(B)(C)C1CC2CC1C2C. The molecule has 2 bridgehead atoms. The highest BCUT2D eigenvalue weighted by Gasteiger charge is 2.53. The van der Waals surface area contributed by atoms with Gasteiger partial charge in [0.15, 0.2) is 0 Å². The van der Waals surface area contributed by atoms with E-state index < -0.39 is 0 Å². The molecule has 0 saturated heterocycles. The van der Waals surface area contributed by atoms with Gasteiger partial charge in [0.1, 0.15) is 0 Å². The zero-order valence-electron chi connectivity index (χ0n) is 8.22. The van der Waals surface area contributed by atoms with Gasteiger partial charge in [-0.25, -0.2) is 0 Å². The maximum Gasteiger partial charge on any atom is 0.0992 e. The van der Waals surface area contributed by atoms with E-state index in [-0.39, 0.29) is 0 Å². The van der Waals surface area contributed by atoms with Crippen molar-refractivity contribution in [2.75, 3.05) is 0 Å². The molecule has 0 aromatic rings. The molecule has 0 aliphatic heterocycles. The summed E-state index contributed by atoms with van der Waals surface area (Å²) >= 11 is 0. The third-order valence-electron chi connectivity index (χ3n) is 4.18. The minimum atomic E-state index is 0.574. The monoisotopic (exact) mass is 148 g/mol. The lowest BCUT2D eigenvalue weighted by molar-refractivity contribution is 0.155. The van der Waals surface area contributed by atoms with Gasteiger partial charge in [-0.1, -0.05) is 19.1 Å². The van der Waals surface area contributed by atoms with Crippen LogP contribution in [0.15, 0.2) is 0 Å². The highest BCUT2D eigenvalue weighted by Crippen LogP contribution is 2.61. The molecule has 60 valence electrons. The van der Waals surface area contributed by atoms with Gasteiger partial charge in [-0.05, 0) is 36.5 Å². The van der Waals surface area contributed by atoms with E-state index in [1.165, 1.54) is 6.42 Å². The quantitative estimate of drug-likeness (QED) is 0.479. The van der Waals surface area contributed by atoms with Gasteiger partial charge in [0, 0.05) is 0 Å². The number of hydrogen-bond donors (Lipinski definition) is 0. The van der Waals surface area contributed by atoms with Crippen LogP contribution in [-0.4, -0.2) is 15.7 Å². The van der Waals surface area contributed by atoms with E-state index in [4.69, 9.17) is 0 Å². The molecule has 4 atom stereocenters. The molecule has 0 N–H and O–H groups in total. The molecule has 3 saturated carbocycles. The standard InChI is InChI=1S/C9H18B2/c1-5-6-3-7(5)8(4-6)9(2,10)11/h5-8H,3-4,10-11H2,1-2H3. The zero-order chi connectivity index (χ0) is 8.22. The average molecular weight is 148 g/mol. The predicted molar refractivity (Wildman–Crippen MR) is 54.3 cm³/mol. The Labute approximate surface area is 72.0 Å². The van der Waals surface area contributed by atoms with Crippen LogP contribution in [0.3, 0.4) is 0 Å². The maximum atomic E-state index is 2.45. The molecule has 3 fully saturated rings. The molecule has 11 heavy (non-hydrogen) atoms. The molecule has 0 radical (unpaired) electrons. The normalized spacial score (nSPS) is 48.9. The van der Waals surface area contributed by atoms with Crippen LogP contribution in [0.4, 0.5) is 0 Å². The Balaban J connectivity index is 2.10. The van der Waals surface area contributed by atoms with E-state index in [2.05, 4.69) is 29.5 Å². The lowest BCUT2D eigenvalue weighted by Crippen LogP contribution is -2.30. The molecule has 0 nitrogen and oxygen atoms in total. The first-order chi connectivity index (χ1) is 5.00. The van der Waals surface area contributed by atoms with Gasteiger partial charge in [0.05, 0.1) is 15.7 Å². The average Bonchev–Trinajstić information content (AvgIpc) is 2.38. The summed E-state index contributed by atoms with van der Waals surface area (Å²) in [4.78, 5) is 0. The van der Waals surface area contributed by atoms with Crippen LogP contribution in [0.2, 0.25) is 5.21 Å². The molecule has 0 aromatic carbocycles. The summed E-state index contributed by atoms with van der Waals surface area (Å²) in [5, 5.41) is 0.574. The van der Waals surface area contributed by atoms with Crippen LogP contribution in [0.1, 0.15) is 26.7 Å². The second-order valence-electron chi connectivity index (χ2n) is 5.73. The van der Waals surface area contributed by atoms with Crippen LogP contribution in [0.5, 0.6) is 0 Å². The summed E-state index contributed by atoms with van der Waals surface area (Å²) in [6.07, 6.45) is 3.07. The summed E-state index contributed by atoms with van der Waals surface area (Å²) in [7, 11) is 4.82. The largest absolute Gasteiger partial charge is 0.0992 e. The second-order valence-corrected chi connectivity index (χ2v) is 5.73. The predicted octanol–water partition coefficient (Wildman–Crippen LogP) is 0.681. The molecule has 0 amide bonds. The van der Waals surface area contributed by atoms with E-state index >= 15 is 0 Å². The van der Waals surface area contributed by atoms with Crippen LogP contribution in [0.25, 0.3) is 0 Å². The van der Waals surface area contributed by atoms with E-state index in [0.717, 1.165) is 23.7 Å². The van der Waals surface area contributed by atoms with Gasteiger partial charge in [-0.15, -0.1) is 0 Å². The van der Waals surface area contributed by atoms with E-state index in [1.54, 1.807) is 6.42 Å². The molecule has 0 spiro atoms. The summed E-state index contributed by atoms with van der Waals surface area (Å²) in [5.41, 5.74) is 0. The Morgan fingerprint density at radius 3 is 2.09 bits per heavy atom. The van der Waals surface area contributed by atoms with Gasteiger partial charge >= 0.3 is 0 Å². The van der Waals surface area contributed by atoms with Crippen molar-refractivity contribution in [3.8, 4) is 0 Å². The minimum Gasteiger partial charge on any atom is -0.0842 e. The first-order valence-electron chi connectivity index (χ1n) is 5.00. The highest BCUT2D eigenvalue weighted by atomic mass is 14.6. The molecular weight excluding hydrogens is 130 g/mol. The highest BCUT2D eigenvalue weighted by molar-refractivity contribution is 6.39. The summed E-state index contributed by atoms with van der Waals surface area (Å²) in [5.74, 6) is 4.27. The smallest absolute Gasteiger partial charge is 0.0842 e. The summed E-state index contributed by atoms with van der Waals surface area (Å²) in [6.45, 7) is 4.86. The lowest BCUT2D eigenvalue weighted by Gasteiger charge is -2.37. The van der Waals surface area contributed by atoms with Crippen LogP contribution >= 0.6 is 0 Å². The Kier molecular flexibility index (Phi) is 1.47. The number of fused-ring (bicyclic) bond motifs is 1. The maximum absolute atomic E-state index is 2.45. The fourth-order valence-corrected chi connectivity index (χ4v) is 3.27. The van der Waals surface area contributed by atoms with Crippen LogP contribution < -0.4 is 0 Å². The second kappa shape index (κ2) is 2.08. The molecule has 3 aliphatic rings. The van der Waals surface area contributed by atoms with Crippen molar-refractivity contribution in [2.24, 2.45) is 23.7 Å². The van der Waals surface area contributed by atoms with Crippen molar-refractivity contribution in [3.63, 3.8) is 0 Å². The Morgan fingerprint density at radius 2 is 1.91 bits per heavy atom. The third kappa shape index (κ3) is 0.981. The van der Waals surface area contributed by atoms with Crippen LogP contribution in [-0.2, 0) is 0 Å². The molecule has 3 aliphatic carbocycles. The van der Waals surface area contributed by atoms with Crippen molar-refractivity contribution in [1.82, 2.24) is 0 Å². The van der Waals surface area contributed by atoms with Gasteiger partial charge in [0.2, 0.25) is 0 Å².